The summed E-state index contributed by atoms with van der Waals surface area (Å²) in [5.41, 5.74) is 1.74. The Morgan fingerprint density at radius 3 is 2.42 bits per heavy atom. The molecule has 4 rings (SSSR count). The van der Waals surface area contributed by atoms with Crippen molar-refractivity contribution in [2.45, 2.75) is 49.5 Å². The van der Waals surface area contributed by atoms with Crippen LogP contribution in [0.3, 0.4) is 0 Å². The van der Waals surface area contributed by atoms with Crippen LogP contribution in [-0.2, 0) is 16.4 Å². The number of piperidine rings is 1. The van der Waals surface area contributed by atoms with E-state index in [9.17, 15) is 13.2 Å². The van der Waals surface area contributed by atoms with Crippen LogP contribution in [0.15, 0.2) is 53.4 Å². The number of hydrogen-bond donors (Lipinski definition) is 1. The first-order chi connectivity index (χ1) is 14.9. The van der Waals surface area contributed by atoms with E-state index in [2.05, 4.69) is 16.9 Å². The van der Waals surface area contributed by atoms with Crippen molar-refractivity contribution in [2.75, 3.05) is 20.2 Å². The Hall–Kier alpha value is -2.38. The van der Waals surface area contributed by atoms with Gasteiger partial charge in [-0.1, -0.05) is 18.2 Å². The standard InChI is InChI=1S/C24H30N2O4S/c1-30-22-11-7-18(8-12-22)5-6-19-13-15-26(16-14-19)24(27)20-3-2-4-23(17-20)31(28,29)25-21-9-10-21/h2-4,7-8,11-12,17,19,21,25H,5-6,9-10,13-16H2,1H3. The van der Waals surface area contributed by atoms with E-state index < -0.39 is 10.0 Å². The molecular formula is C24H30N2O4S. The summed E-state index contributed by atoms with van der Waals surface area (Å²) in [5.74, 6) is 1.38. The molecule has 1 aliphatic heterocycles. The molecule has 1 N–H and O–H groups in total. The molecule has 1 aliphatic carbocycles. The summed E-state index contributed by atoms with van der Waals surface area (Å²) in [6.45, 7) is 1.42. The monoisotopic (exact) mass is 442 g/mol. The number of nitrogens with one attached hydrogen (secondary N) is 1. The van der Waals surface area contributed by atoms with Gasteiger partial charge in [0.05, 0.1) is 12.0 Å². The minimum Gasteiger partial charge on any atom is -0.497 e. The van der Waals surface area contributed by atoms with Crippen LogP contribution in [-0.4, -0.2) is 45.5 Å². The molecule has 31 heavy (non-hydrogen) atoms. The molecule has 1 heterocycles. The van der Waals surface area contributed by atoms with Gasteiger partial charge in [-0.2, -0.15) is 0 Å². The molecule has 7 heteroatoms. The molecule has 166 valence electrons. The van der Waals surface area contributed by atoms with Gasteiger partial charge in [0.25, 0.3) is 5.91 Å². The van der Waals surface area contributed by atoms with Crippen molar-refractivity contribution in [3.05, 3.63) is 59.7 Å². The van der Waals surface area contributed by atoms with Crippen LogP contribution in [0.2, 0.25) is 0 Å². The fourth-order valence-corrected chi connectivity index (χ4v) is 5.41. The molecule has 2 fully saturated rings. The van der Waals surface area contributed by atoms with Gasteiger partial charge in [0.2, 0.25) is 10.0 Å². The van der Waals surface area contributed by atoms with Crippen LogP contribution in [0, 0.1) is 5.92 Å². The lowest BCUT2D eigenvalue weighted by Gasteiger charge is -2.32. The minimum absolute atomic E-state index is 0.0429. The van der Waals surface area contributed by atoms with Crippen molar-refractivity contribution < 1.29 is 17.9 Å². The van der Waals surface area contributed by atoms with Crippen LogP contribution in [0.25, 0.3) is 0 Å². The summed E-state index contributed by atoms with van der Waals surface area (Å²) in [6.07, 6.45) is 5.84. The lowest BCUT2D eigenvalue weighted by Crippen LogP contribution is -2.38. The maximum atomic E-state index is 13.0. The molecule has 0 unspecified atom stereocenters. The molecule has 0 aromatic heterocycles. The number of methoxy groups -OCH3 is 1. The highest BCUT2D eigenvalue weighted by Gasteiger charge is 2.29. The van der Waals surface area contributed by atoms with E-state index in [4.69, 9.17) is 4.74 Å². The number of hydrogen-bond acceptors (Lipinski definition) is 4. The Bertz CT molecular complexity index is 1010. The quantitative estimate of drug-likeness (QED) is 0.678. The van der Waals surface area contributed by atoms with Crippen molar-refractivity contribution in [3.63, 3.8) is 0 Å². The number of amides is 1. The molecule has 1 saturated carbocycles. The summed E-state index contributed by atoms with van der Waals surface area (Å²) >= 11 is 0. The van der Waals surface area contributed by atoms with Crippen LogP contribution in [0.5, 0.6) is 5.75 Å². The van der Waals surface area contributed by atoms with Crippen molar-refractivity contribution in [1.82, 2.24) is 9.62 Å². The molecular weight excluding hydrogens is 412 g/mol. The first-order valence-corrected chi connectivity index (χ1v) is 12.5. The van der Waals surface area contributed by atoms with E-state index in [1.54, 1.807) is 25.3 Å². The summed E-state index contributed by atoms with van der Waals surface area (Å²) in [6, 6.07) is 14.6. The van der Waals surface area contributed by atoms with Gasteiger partial charge in [0.15, 0.2) is 0 Å². The molecule has 6 nitrogen and oxygen atoms in total. The van der Waals surface area contributed by atoms with Gasteiger partial charge >= 0.3 is 0 Å². The number of nitrogens with zero attached hydrogens (tertiary/aromatic N) is 1. The maximum absolute atomic E-state index is 13.0. The number of carbonyl (C=O) groups excluding carboxylic acids is 1. The van der Waals surface area contributed by atoms with Crippen LogP contribution in [0.4, 0.5) is 0 Å². The average Bonchev–Trinajstić information content (AvgIpc) is 3.61. The van der Waals surface area contributed by atoms with Gasteiger partial charge in [-0.25, -0.2) is 13.1 Å². The van der Waals surface area contributed by atoms with E-state index in [1.807, 2.05) is 17.0 Å². The van der Waals surface area contributed by atoms with E-state index >= 15 is 0 Å². The second-order valence-electron chi connectivity index (χ2n) is 8.55. The van der Waals surface area contributed by atoms with Gasteiger partial charge in [-0.15, -0.1) is 0 Å². The molecule has 0 spiro atoms. The van der Waals surface area contributed by atoms with Gasteiger partial charge in [-0.05, 0) is 80.3 Å². The SMILES string of the molecule is COc1ccc(CCC2CCN(C(=O)c3cccc(S(=O)(=O)NC4CC4)c3)CC2)cc1. The lowest BCUT2D eigenvalue weighted by atomic mass is 9.90. The summed E-state index contributed by atoms with van der Waals surface area (Å²) < 4.78 is 32.8. The topological polar surface area (TPSA) is 75.7 Å². The fraction of sp³-hybridized carbons (Fsp3) is 0.458. The zero-order valence-corrected chi connectivity index (χ0v) is 18.7. The van der Waals surface area contributed by atoms with Gasteiger partial charge in [0.1, 0.15) is 5.75 Å². The highest BCUT2D eigenvalue weighted by molar-refractivity contribution is 7.89. The smallest absolute Gasteiger partial charge is 0.253 e. The Morgan fingerprint density at radius 1 is 1.06 bits per heavy atom. The van der Waals surface area contributed by atoms with Gasteiger partial charge in [-0.3, -0.25) is 4.79 Å². The van der Waals surface area contributed by atoms with E-state index in [1.165, 1.54) is 11.6 Å². The molecule has 0 bridgehead atoms. The molecule has 1 amide bonds. The average molecular weight is 443 g/mol. The summed E-state index contributed by atoms with van der Waals surface area (Å²) in [5, 5.41) is 0. The minimum atomic E-state index is -3.56. The van der Waals surface area contributed by atoms with Crippen molar-refractivity contribution in [3.8, 4) is 5.75 Å². The Morgan fingerprint density at radius 2 is 1.77 bits per heavy atom. The van der Waals surface area contributed by atoms with E-state index in [0.717, 1.165) is 44.3 Å². The summed E-state index contributed by atoms with van der Waals surface area (Å²) in [4.78, 5) is 15.0. The maximum Gasteiger partial charge on any atom is 0.253 e. The second-order valence-corrected chi connectivity index (χ2v) is 10.3. The molecule has 2 aliphatic rings. The van der Waals surface area contributed by atoms with E-state index in [-0.39, 0.29) is 16.8 Å². The fourth-order valence-electron chi connectivity index (χ4n) is 4.06. The molecule has 0 radical (unpaired) electrons. The highest BCUT2D eigenvalue weighted by atomic mass is 32.2. The Labute approximate surface area is 184 Å². The molecule has 2 aromatic carbocycles. The number of likely N-dealkylation sites (tertiary alicyclic amines) is 1. The number of aryl methyl sites for hydroxylation is 1. The third-order valence-corrected chi connectivity index (χ3v) is 7.71. The number of ether oxygens (including phenoxy) is 1. The second kappa shape index (κ2) is 9.40. The number of sulfonamides is 1. The van der Waals surface area contributed by atoms with E-state index in [0.29, 0.717) is 24.6 Å². The Kier molecular flexibility index (Phi) is 6.62. The number of carbonyl (C=O) groups is 1. The van der Waals surface area contributed by atoms with Crippen molar-refractivity contribution >= 4 is 15.9 Å². The normalized spacial score (nSPS) is 17.5. The predicted octanol–water partition coefficient (Wildman–Crippen LogP) is 3.62. The lowest BCUT2D eigenvalue weighted by molar-refractivity contribution is 0.0686. The van der Waals surface area contributed by atoms with Crippen LogP contribution >= 0.6 is 0 Å². The molecule has 2 aromatic rings. The van der Waals surface area contributed by atoms with Crippen molar-refractivity contribution in [1.29, 1.82) is 0 Å². The van der Waals surface area contributed by atoms with Gasteiger partial charge in [0, 0.05) is 24.7 Å². The van der Waals surface area contributed by atoms with Crippen molar-refractivity contribution in [2.24, 2.45) is 5.92 Å². The van der Waals surface area contributed by atoms with Gasteiger partial charge < -0.3 is 9.64 Å². The number of benzene rings is 2. The Balaban J connectivity index is 1.30. The zero-order chi connectivity index (χ0) is 21.8. The number of rotatable bonds is 8. The zero-order valence-electron chi connectivity index (χ0n) is 17.9. The first kappa shape index (κ1) is 21.8. The third kappa shape index (κ3) is 5.66. The summed E-state index contributed by atoms with van der Waals surface area (Å²) in [7, 11) is -1.89. The predicted molar refractivity (Wildman–Crippen MR) is 120 cm³/mol. The molecule has 1 saturated heterocycles. The third-order valence-electron chi connectivity index (χ3n) is 6.19. The largest absolute Gasteiger partial charge is 0.497 e. The van der Waals surface area contributed by atoms with Crippen LogP contribution in [0.1, 0.15) is 48.0 Å². The highest BCUT2D eigenvalue weighted by Crippen LogP contribution is 2.26. The first-order valence-electron chi connectivity index (χ1n) is 11.0. The van der Waals surface area contributed by atoms with Crippen LogP contribution < -0.4 is 9.46 Å². The molecule has 0 atom stereocenters.